The molecule has 0 fully saturated rings. The second-order valence-corrected chi connectivity index (χ2v) is 6.30. The lowest BCUT2D eigenvalue weighted by Gasteiger charge is -2.11. The number of benzene rings is 2. The van der Waals surface area contributed by atoms with E-state index in [0.29, 0.717) is 10.7 Å². The van der Waals surface area contributed by atoms with Gasteiger partial charge in [-0.1, -0.05) is 17.7 Å². The zero-order valence-corrected chi connectivity index (χ0v) is 14.6. The van der Waals surface area contributed by atoms with Crippen molar-refractivity contribution in [3.63, 3.8) is 0 Å². The Bertz CT molecular complexity index is 892. The van der Waals surface area contributed by atoms with Gasteiger partial charge in [-0.05, 0) is 54.8 Å². The van der Waals surface area contributed by atoms with Crippen molar-refractivity contribution in [1.29, 1.82) is 0 Å². The molecule has 0 saturated carbocycles. The Labute approximate surface area is 145 Å². The number of aryl methyl sites for hydroxylation is 2. The number of H-pyrrole nitrogens is 1. The van der Waals surface area contributed by atoms with E-state index in [-0.39, 0.29) is 12.3 Å². The summed E-state index contributed by atoms with van der Waals surface area (Å²) in [6, 6.07) is 9.60. The van der Waals surface area contributed by atoms with E-state index in [9.17, 15) is 4.79 Å². The van der Waals surface area contributed by atoms with Gasteiger partial charge in [-0.25, -0.2) is 0 Å². The SMILES string of the molecule is COc1ccc2[nH]cc(CC(=O)Nc3c(C)cc(C)cc3Cl)c2c1. The van der Waals surface area contributed by atoms with E-state index in [1.807, 2.05) is 50.4 Å². The molecule has 0 radical (unpaired) electrons. The number of amides is 1. The van der Waals surface area contributed by atoms with E-state index in [1.54, 1.807) is 7.11 Å². The number of methoxy groups -OCH3 is 1. The highest BCUT2D eigenvalue weighted by molar-refractivity contribution is 6.34. The maximum Gasteiger partial charge on any atom is 0.228 e. The quantitative estimate of drug-likeness (QED) is 0.726. The van der Waals surface area contributed by atoms with Gasteiger partial charge >= 0.3 is 0 Å². The van der Waals surface area contributed by atoms with Crippen LogP contribution in [0.25, 0.3) is 10.9 Å². The third kappa shape index (κ3) is 3.24. The summed E-state index contributed by atoms with van der Waals surface area (Å²) in [6.45, 7) is 3.91. The Kier molecular flexibility index (Phi) is 4.49. The van der Waals surface area contributed by atoms with Crippen LogP contribution < -0.4 is 10.1 Å². The summed E-state index contributed by atoms with van der Waals surface area (Å²) in [5.41, 5.74) is 4.59. The molecule has 0 aliphatic rings. The highest BCUT2D eigenvalue weighted by Crippen LogP contribution is 2.28. The Morgan fingerprint density at radius 2 is 2.04 bits per heavy atom. The first-order chi connectivity index (χ1) is 11.5. The molecule has 0 atom stereocenters. The minimum Gasteiger partial charge on any atom is -0.497 e. The average Bonchev–Trinajstić information content (AvgIpc) is 2.93. The number of carbonyl (C=O) groups is 1. The monoisotopic (exact) mass is 342 g/mol. The topological polar surface area (TPSA) is 54.1 Å². The number of ether oxygens (including phenoxy) is 1. The first-order valence-electron chi connectivity index (χ1n) is 7.68. The maximum absolute atomic E-state index is 12.5. The Morgan fingerprint density at radius 3 is 2.75 bits per heavy atom. The Hall–Kier alpha value is -2.46. The van der Waals surface area contributed by atoms with Crippen LogP contribution in [-0.4, -0.2) is 18.0 Å². The molecule has 0 unspecified atom stereocenters. The number of aromatic nitrogens is 1. The highest BCUT2D eigenvalue weighted by Gasteiger charge is 2.13. The lowest BCUT2D eigenvalue weighted by molar-refractivity contribution is -0.115. The molecule has 0 bridgehead atoms. The third-order valence-corrected chi connectivity index (χ3v) is 4.32. The third-order valence-electron chi connectivity index (χ3n) is 4.02. The van der Waals surface area contributed by atoms with Crippen LogP contribution in [0.1, 0.15) is 16.7 Å². The molecular weight excluding hydrogens is 324 g/mol. The summed E-state index contributed by atoms with van der Waals surface area (Å²) >= 11 is 6.26. The largest absolute Gasteiger partial charge is 0.497 e. The Balaban J connectivity index is 1.83. The smallest absolute Gasteiger partial charge is 0.228 e. The number of aromatic amines is 1. The molecule has 3 aromatic rings. The van der Waals surface area contributed by atoms with E-state index < -0.39 is 0 Å². The van der Waals surface area contributed by atoms with Crippen molar-refractivity contribution in [2.75, 3.05) is 12.4 Å². The number of anilines is 1. The first kappa shape index (κ1) is 16.4. The van der Waals surface area contributed by atoms with Gasteiger partial charge in [0, 0.05) is 17.1 Å². The minimum absolute atomic E-state index is 0.104. The molecule has 0 spiro atoms. The van der Waals surface area contributed by atoms with E-state index in [0.717, 1.165) is 33.3 Å². The molecule has 5 heteroatoms. The van der Waals surface area contributed by atoms with Crippen molar-refractivity contribution in [2.45, 2.75) is 20.3 Å². The van der Waals surface area contributed by atoms with Gasteiger partial charge in [-0.2, -0.15) is 0 Å². The van der Waals surface area contributed by atoms with Gasteiger partial charge in [-0.15, -0.1) is 0 Å². The van der Waals surface area contributed by atoms with Gasteiger partial charge in [0.25, 0.3) is 0 Å². The molecule has 2 aromatic carbocycles. The second kappa shape index (κ2) is 6.57. The standard InChI is InChI=1S/C19H19ClN2O2/c1-11-6-12(2)19(16(20)7-11)22-18(23)8-13-10-21-17-5-4-14(24-3)9-15(13)17/h4-7,9-10,21H,8H2,1-3H3,(H,22,23). The van der Waals surface area contributed by atoms with Crippen LogP contribution in [0.3, 0.4) is 0 Å². The van der Waals surface area contributed by atoms with Crippen molar-refractivity contribution >= 4 is 34.1 Å². The van der Waals surface area contributed by atoms with E-state index >= 15 is 0 Å². The van der Waals surface area contributed by atoms with Gasteiger partial charge in [-0.3, -0.25) is 4.79 Å². The first-order valence-corrected chi connectivity index (χ1v) is 8.06. The highest BCUT2D eigenvalue weighted by atomic mass is 35.5. The number of nitrogens with one attached hydrogen (secondary N) is 2. The average molecular weight is 343 g/mol. The van der Waals surface area contributed by atoms with Crippen LogP contribution in [-0.2, 0) is 11.2 Å². The molecule has 1 aromatic heterocycles. The predicted octanol–water partition coefficient (Wildman–Crippen LogP) is 4.63. The molecular formula is C19H19ClN2O2. The van der Waals surface area contributed by atoms with E-state index in [4.69, 9.17) is 16.3 Å². The molecule has 0 saturated heterocycles. The van der Waals surface area contributed by atoms with Crippen LogP contribution in [0.5, 0.6) is 5.75 Å². The summed E-state index contributed by atoms with van der Waals surface area (Å²) in [7, 11) is 1.63. The fraction of sp³-hybridized carbons (Fsp3) is 0.211. The van der Waals surface area contributed by atoms with Crippen LogP contribution in [0.4, 0.5) is 5.69 Å². The van der Waals surface area contributed by atoms with Crippen LogP contribution in [0.2, 0.25) is 5.02 Å². The normalized spacial score (nSPS) is 10.8. The van der Waals surface area contributed by atoms with Crippen LogP contribution in [0.15, 0.2) is 36.5 Å². The second-order valence-electron chi connectivity index (χ2n) is 5.89. The molecule has 2 N–H and O–H groups in total. The van der Waals surface area contributed by atoms with E-state index in [2.05, 4.69) is 10.3 Å². The molecule has 1 heterocycles. The molecule has 24 heavy (non-hydrogen) atoms. The number of halogens is 1. The van der Waals surface area contributed by atoms with Crippen molar-refractivity contribution in [1.82, 2.24) is 4.98 Å². The van der Waals surface area contributed by atoms with Crippen molar-refractivity contribution < 1.29 is 9.53 Å². The summed E-state index contributed by atoms with van der Waals surface area (Å²) < 4.78 is 5.26. The lowest BCUT2D eigenvalue weighted by Crippen LogP contribution is -2.15. The zero-order valence-electron chi connectivity index (χ0n) is 13.9. The number of hydrogen-bond donors (Lipinski definition) is 2. The number of fused-ring (bicyclic) bond motifs is 1. The van der Waals surface area contributed by atoms with Gasteiger partial charge in [0.1, 0.15) is 5.75 Å². The van der Waals surface area contributed by atoms with Gasteiger partial charge in [0.2, 0.25) is 5.91 Å². The number of rotatable bonds is 4. The van der Waals surface area contributed by atoms with Gasteiger partial charge in [0.15, 0.2) is 0 Å². The van der Waals surface area contributed by atoms with Crippen LogP contribution in [0, 0.1) is 13.8 Å². The molecule has 0 aliphatic carbocycles. The van der Waals surface area contributed by atoms with Crippen molar-refractivity contribution in [2.24, 2.45) is 0 Å². The molecule has 0 aliphatic heterocycles. The fourth-order valence-electron chi connectivity index (χ4n) is 2.86. The van der Waals surface area contributed by atoms with Crippen molar-refractivity contribution in [3.8, 4) is 5.75 Å². The lowest BCUT2D eigenvalue weighted by atomic mass is 10.1. The number of carbonyl (C=O) groups excluding carboxylic acids is 1. The summed E-state index contributed by atoms with van der Waals surface area (Å²) in [5, 5.41) is 4.46. The molecule has 4 nitrogen and oxygen atoms in total. The minimum atomic E-state index is -0.104. The number of hydrogen-bond acceptors (Lipinski definition) is 2. The summed E-state index contributed by atoms with van der Waals surface area (Å²) in [5.74, 6) is 0.661. The molecule has 1 amide bonds. The van der Waals surface area contributed by atoms with Crippen LogP contribution >= 0.6 is 11.6 Å². The maximum atomic E-state index is 12.5. The van der Waals surface area contributed by atoms with Gasteiger partial charge in [0.05, 0.1) is 24.2 Å². The molecule has 124 valence electrons. The predicted molar refractivity (Wildman–Crippen MR) is 98.1 cm³/mol. The zero-order chi connectivity index (χ0) is 17.3. The summed E-state index contributed by atoms with van der Waals surface area (Å²) in [6.07, 6.45) is 2.12. The van der Waals surface area contributed by atoms with Gasteiger partial charge < -0.3 is 15.0 Å². The van der Waals surface area contributed by atoms with Crippen molar-refractivity contribution in [3.05, 3.63) is 58.2 Å². The van der Waals surface area contributed by atoms with E-state index in [1.165, 1.54) is 0 Å². The summed E-state index contributed by atoms with van der Waals surface area (Å²) in [4.78, 5) is 15.6. The molecule has 3 rings (SSSR count). The Morgan fingerprint density at radius 1 is 1.25 bits per heavy atom. The fourth-order valence-corrected chi connectivity index (χ4v) is 3.23.